The average Bonchev–Trinajstić information content (AvgIpc) is 2.54. The molecule has 8 heteroatoms. The highest BCUT2D eigenvalue weighted by Gasteiger charge is 2.19. The van der Waals surface area contributed by atoms with Crippen LogP contribution < -0.4 is 16.0 Å². The van der Waals surface area contributed by atoms with Gasteiger partial charge < -0.3 is 25.4 Å². The van der Waals surface area contributed by atoms with Crippen LogP contribution >= 0.6 is 0 Å². The Kier molecular flexibility index (Phi) is 13.9. The van der Waals surface area contributed by atoms with E-state index < -0.39 is 6.04 Å². The first kappa shape index (κ1) is 22.3. The third kappa shape index (κ3) is 11.8. The quantitative estimate of drug-likeness (QED) is 0.383. The Morgan fingerprint density at radius 1 is 0.875 bits per heavy atom. The monoisotopic (exact) mass is 345 g/mol. The molecule has 1 unspecified atom stereocenters. The molecule has 0 rings (SSSR count). The van der Waals surface area contributed by atoms with Gasteiger partial charge in [0.05, 0.1) is 0 Å². The minimum Gasteiger partial charge on any atom is -0.375 e. The second-order valence-corrected chi connectivity index (χ2v) is 5.48. The number of ether oxygens (including phenoxy) is 2. The lowest BCUT2D eigenvalue weighted by atomic mass is 10.1. The molecule has 0 fully saturated rings. The van der Waals surface area contributed by atoms with Crippen molar-refractivity contribution in [3.63, 3.8) is 0 Å². The molecule has 0 aromatic heterocycles. The van der Waals surface area contributed by atoms with Gasteiger partial charge in [-0.05, 0) is 25.7 Å². The first-order chi connectivity index (χ1) is 11.5. The Bertz CT molecular complexity index is 377. The Morgan fingerprint density at radius 2 is 1.50 bits per heavy atom. The number of rotatable bonds is 14. The largest absolute Gasteiger partial charge is 0.375 e. The topological polar surface area (TPSA) is 106 Å². The van der Waals surface area contributed by atoms with Crippen LogP contribution in [0.15, 0.2) is 0 Å². The summed E-state index contributed by atoms with van der Waals surface area (Å²) in [6.07, 6.45) is 3.81. The Hall–Kier alpha value is -1.67. The van der Waals surface area contributed by atoms with Crippen molar-refractivity contribution in [1.82, 2.24) is 16.0 Å². The zero-order chi connectivity index (χ0) is 18.2. The number of hydrogen-bond donors (Lipinski definition) is 3. The number of amides is 3. The van der Waals surface area contributed by atoms with Crippen molar-refractivity contribution in [2.45, 2.75) is 45.1 Å². The van der Waals surface area contributed by atoms with Gasteiger partial charge in [0.1, 0.15) is 19.3 Å². The van der Waals surface area contributed by atoms with Gasteiger partial charge in [0.25, 0.3) is 0 Å². The molecular formula is C16H31N3O5. The fourth-order valence-corrected chi connectivity index (χ4v) is 2.03. The van der Waals surface area contributed by atoms with E-state index in [-0.39, 0.29) is 30.9 Å². The van der Waals surface area contributed by atoms with Crippen LogP contribution in [0, 0.1) is 0 Å². The molecule has 140 valence electrons. The SMILES string of the molecule is CCCCNC(=O)C(CCCCNC(=O)COC)NC(=O)COC. The number of carbonyl (C=O) groups is 3. The van der Waals surface area contributed by atoms with Gasteiger partial charge in [-0.25, -0.2) is 0 Å². The maximum atomic E-state index is 12.2. The van der Waals surface area contributed by atoms with Crippen LogP contribution in [0.3, 0.4) is 0 Å². The van der Waals surface area contributed by atoms with Crippen LogP contribution in [0.4, 0.5) is 0 Å². The molecule has 0 aromatic carbocycles. The first-order valence-corrected chi connectivity index (χ1v) is 8.36. The van der Waals surface area contributed by atoms with E-state index in [1.165, 1.54) is 14.2 Å². The zero-order valence-corrected chi connectivity index (χ0v) is 15.0. The van der Waals surface area contributed by atoms with Gasteiger partial charge >= 0.3 is 0 Å². The number of nitrogens with one attached hydrogen (secondary N) is 3. The van der Waals surface area contributed by atoms with E-state index in [0.29, 0.717) is 32.4 Å². The summed E-state index contributed by atoms with van der Waals surface area (Å²) < 4.78 is 9.49. The summed E-state index contributed by atoms with van der Waals surface area (Å²) >= 11 is 0. The number of hydrogen-bond acceptors (Lipinski definition) is 5. The minimum atomic E-state index is -0.584. The van der Waals surface area contributed by atoms with Crippen molar-refractivity contribution >= 4 is 17.7 Å². The molecular weight excluding hydrogens is 314 g/mol. The summed E-state index contributed by atoms with van der Waals surface area (Å²) in [5.74, 6) is -0.669. The number of unbranched alkanes of at least 4 members (excludes halogenated alkanes) is 2. The molecule has 0 heterocycles. The van der Waals surface area contributed by atoms with Crippen LogP contribution in [-0.2, 0) is 23.9 Å². The molecule has 0 radical (unpaired) electrons. The summed E-state index contributed by atoms with van der Waals surface area (Å²) in [4.78, 5) is 35.1. The number of methoxy groups -OCH3 is 2. The van der Waals surface area contributed by atoms with Gasteiger partial charge in [-0.2, -0.15) is 0 Å². The van der Waals surface area contributed by atoms with Gasteiger partial charge in [0.15, 0.2) is 0 Å². The molecule has 1 atom stereocenters. The molecule has 0 bridgehead atoms. The van der Waals surface area contributed by atoms with Crippen LogP contribution in [0.2, 0.25) is 0 Å². The summed E-state index contributed by atoms with van der Waals surface area (Å²) in [6.45, 7) is 3.11. The smallest absolute Gasteiger partial charge is 0.246 e. The molecule has 3 amide bonds. The van der Waals surface area contributed by atoms with Crippen molar-refractivity contribution in [3.05, 3.63) is 0 Å². The fraction of sp³-hybridized carbons (Fsp3) is 0.812. The van der Waals surface area contributed by atoms with E-state index in [4.69, 9.17) is 9.47 Å². The number of carbonyl (C=O) groups excluding carboxylic acids is 3. The van der Waals surface area contributed by atoms with E-state index in [0.717, 1.165) is 12.8 Å². The van der Waals surface area contributed by atoms with E-state index >= 15 is 0 Å². The maximum absolute atomic E-state index is 12.2. The summed E-state index contributed by atoms with van der Waals surface area (Å²) in [5, 5.41) is 8.23. The average molecular weight is 345 g/mol. The molecule has 24 heavy (non-hydrogen) atoms. The zero-order valence-electron chi connectivity index (χ0n) is 15.0. The predicted molar refractivity (Wildman–Crippen MR) is 90.5 cm³/mol. The van der Waals surface area contributed by atoms with Crippen molar-refractivity contribution < 1.29 is 23.9 Å². The second-order valence-electron chi connectivity index (χ2n) is 5.48. The van der Waals surface area contributed by atoms with E-state index in [2.05, 4.69) is 16.0 Å². The van der Waals surface area contributed by atoms with Crippen LogP contribution in [0.25, 0.3) is 0 Å². The molecule has 0 saturated heterocycles. The Labute approximate surface area is 144 Å². The summed E-state index contributed by atoms with van der Waals surface area (Å²) in [7, 11) is 2.89. The molecule has 0 aliphatic heterocycles. The highest BCUT2D eigenvalue weighted by atomic mass is 16.5. The molecule has 0 aromatic rings. The van der Waals surface area contributed by atoms with E-state index in [9.17, 15) is 14.4 Å². The standard InChI is InChI=1S/C16H31N3O5/c1-4-5-9-18-16(22)13(19-15(21)12-24-3)8-6-7-10-17-14(20)11-23-2/h13H,4-12H2,1-3H3,(H,17,20)(H,18,22)(H,19,21). The molecule has 3 N–H and O–H groups in total. The van der Waals surface area contributed by atoms with Crippen LogP contribution in [-0.4, -0.2) is 64.3 Å². The second kappa shape index (κ2) is 14.9. The van der Waals surface area contributed by atoms with Crippen LogP contribution in [0.1, 0.15) is 39.0 Å². The molecule has 0 spiro atoms. The summed E-state index contributed by atoms with van der Waals surface area (Å²) in [6, 6.07) is -0.584. The molecule has 0 saturated carbocycles. The normalized spacial score (nSPS) is 11.6. The lowest BCUT2D eigenvalue weighted by molar-refractivity contribution is -0.131. The van der Waals surface area contributed by atoms with Crippen molar-refractivity contribution in [2.75, 3.05) is 40.5 Å². The minimum absolute atomic E-state index is 0.0372. The van der Waals surface area contributed by atoms with Crippen LogP contribution in [0.5, 0.6) is 0 Å². The van der Waals surface area contributed by atoms with E-state index in [1.807, 2.05) is 6.92 Å². The Balaban J connectivity index is 4.20. The molecule has 0 aliphatic rings. The predicted octanol–water partition coefficient (Wildman–Crippen LogP) is -0.0332. The molecule has 8 nitrogen and oxygen atoms in total. The fourth-order valence-electron chi connectivity index (χ4n) is 2.03. The lowest BCUT2D eigenvalue weighted by Crippen LogP contribution is -2.48. The highest BCUT2D eigenvalue weighted by molar-refractivity contribution is 5.87. The van der Waals surface area contributed by atoms with Gasteiger partial charge in [-0.15, -0.1) is 0 Å². The van der Waals surface area contributed by atoms with E-state index in [1.54, 1.807) is 0 Å². The molecule has 0 aliphatic carbocycles. The van der Waals surface area contributed by atoms with Crippen molar-refractivity contribution in [3.8, 4) is 0 Å². The first-order valence-electron chi connectivity index (χ1n) is 8.36. The summed E-state index contributed by atoms with van der Waals surface area (Å²) in [5.41, 5.74) is 0. The van der Waals surface area contributed by atoms with Gasteiger partial charge in [0, 0.05) is 27.3 Å². The Morgan fingerprint density at radius 3 is 2.12 bits per heavy atom. The third-order valence-electron chi connectivity index (χ3n) is 3.27. The van der Waals surface area contributed by atoms with Gasteiger partial charge in [-0.3, -0.25) is 14.4 Å². The van der Waals surface area contributed by atoms with Gasteiger partial charge in [0.2, 0.25) is 17.7 Å². The van der Waals surface area contributed by atoms with Crippen molar-refractivity contribution in [2.24, 2.45) is 0 Å². The maximum Gasteiger partial charge on any atom is 0.246 e. The van der Waals surface area contributed by atoms with Crippen molar-refractivity contribution in [1.29, 1.82) is 0 Å². The van der Waals surface area contributed by atoms with Gasteiger partial charge in [-0.1, -0.05) is 13.3 Å². The lowest BCUT2D eigenvalue weighted by Gasteiger charge is -2.18. The highest BCUT2D eigenvalue weighted by Crippen LogP contribution is 2.02. The third-order valence-corrected chi connectivity index (χ3v) is 3.27.